The Balaban J connectivity index is 2.94. The van der Waals surface area contributed by atoms with Crippen LogP contribution < -0.4 is 5.32 Å². The van der Waals surface area contributed by atoms with Crippen LogP contribution in [0.15, 0.2) is 28.4 Å². The number of nitrogens with one attached hydrogen (secondary N) is 1. The van der Waals surface area contributed by atoms with Crippen molar-refractivity contribution in [2.45, 2.75) is 47.5 Å². The first-order valence-electron chi connectivity index (χ1n) is 8.16. The fourth-order valence-corrected chi connectivity index (χ4v) is 2.51. The fraction of sp³-hybridized carbons (Fsp3) is 0.500. The average Bonchev–Trinajstić information content (AvgIpc) is 2.49. The molecule has 0 aliphatic carbocycles. The van der Waals surface area contributed by atoms with E-state index in [9.17, 15) is 4.79 Å². The summed E-state index contributed by atoms with van der Waals surface area (Å²) in [6.45, 7) is 9.68. The van der Waals surface area contributed by atoms with Gasteiger partial charge in [0.2, 0.25) is 0 Å². The van der Waals surface area contributed by atoms with Crippen molar-refractivity contribution in [3.8, 4) is 0 Å². The molecule has 1 aromatic rings. The van der Waals surface area contributed by atoms with E-state index in [0.717, 1.165) is 18.5 Å². The summed E-state index contributed by atoms with van der Waals surface area (Å²) in [4.78, 5) is 10.9. The number of anilines is 1. The molecule has 0 aliphatic heterocycles. The van der Waals surface area contributed by atoms with E-state index in [1.165, 1.54) is 29.8 Å². The van der Waals surface area contributed by atoms with Crippen LogP contribution in [0, 0.1) is 12.8 Å². The first-order valence-corrected chi connectivity index (χ1v) is 9.14. The lowest BCUT2D eigenvalue weighted by Crippen LogP contribution is -2.12. The number of hydrogen-bond donors (Lipinski definition) is 1. The molecule has 1 aromatic carbocycles. The molecule has 6 heteroatoms. The van der Waals surface area contributed by atoms with Gasteiger partial charge in [-0.15, -0.1) is 5.10 Å². The van der Waals surface area contributed by atoms with E-state index >= 15 is 0 Å². The molecule has 0 aromatic heterocycles. The van der Waals surface area contributed by atoms with E-state index < -0.39 is 0 Å². The molecule has 0 saturated carbocycles. The quantitative estimate of drug-likeness (QED) is 0.257. The van der Waals surface area contributed by atoms with Crippen LogP contribution in [0.1, 0.15) is 45.2 Å². The normalized spacial score (nSPS) is 12.0. The Hall–Kier alpha value is -1.82. The molecule has 0 atom stereocenters. The van der Waals surface area contributed by atoms with Gasteiger partial charge in [-0.3, -0.25) is 4.79 Å². The van der Waals surface area contributed by atoms with Crippen molar-refractivity contribution in [3.63, 3.8) is 0 Å². The van der Waals surface area contributed by atoms with E-state index in [4.69, 9.17) is 4.74 Å². The van der Waals surface area contributed by atoms with Crippen molar-refractivity contribution >= 4 is 34.8 Å². The molecule has 132 valence electrons. The highest BCUT2D eigenvalue weighted by Gasteiger charge is 2.08. The highest BCUT2D eigenvalue weighted by Crippen LogP contribution is 2.21. The molecule has 1 rings (SSSR count). The Bertz CT molecular complexity index is 598. The maximum Gasteiger partial charge on any atom is 0.303 e. The molecular weight excluding hydrogens is 322 g/mol. The largest absolute Gasteiger partial charge is 0.454 e. The number of thioether (sulfide) groups is 1. The Morgan fingerprint density at radius 1 is 1.42 bits per heavy atom. The Kier molecular flexibility index (Phi) is 9.15. The fourth-order valence-electron chi connectivity index (χ4n) is 1.89. The summed E-state index contributed by atoms with van der Waals surface area (Å²) in [6, 6.07) is 6.34. The molecule has 0 amide bonds. The van der Waals surface area contributed by atoms with Crippen molar-refractivity contribution in [1.82, 2.24) is 0 Å². The van der Waals surface area contributed by atoms with Gasteiger partial charge in [0.1, 0.15) is 5.94 Å². The number of ether oxygens (including phenoxy) is 1. The highest BCUT2D eigenvalue weighted by atomic mass is 32.2. The van der Waals surface area contributed by atoms with Gasteiger partial charge in [0.05, 0.1) is 0 Å². The number of amidine groups is 1. The molecular formula is C18H27N3O2S. The van der Waals surface area contributed by atoms with Crippen molar-refractivity contribution in [2.24, 2.45) is 16.1 Å². The molecule has 0 heterocycles. The summed E-state index contributed by atoms with van der Waals surface area (Å²) in [5.74, 6) is 0.214. The smallest absolute Gasteiger partial charge is 0.303 e. The number of carbonyl (C=O) groups is 1. The van der Waals surface area contributed by atoms with Crippen molar-refractivity contribution in [3.05, 3.63) is 29.3 Å². The van der Waals surface area contributed by atoms with E-state index in [1.54, 1.807) is 6.21 Å². The number of rotatable bonds is 7. The van der Waals surface area contributed by atoms with Gasteiger partial charge in [-0.2, -0.15) is 5.10 Å². The van der Waals surface area contributed by atoms with Crippen LogP contribution in [-0.4, -0.2) is 23.3 Å². The second-order valence-corrected chi connectivity index (χ2v) is 6.76. The number of esters is 1. The zero-order chi connectivity index (χ0) is 17.9. The minimum atomic E-state index is -0.310. The summed E-state index contributed by atoms with van der Waals surface area (Å²) in [7, 11) is 0. The van der Waals surface area contributed by atoms with E-state index in [2.05, 4.69) is 47.6 Å². The average molecular weight is 350 g/mol. The molecule has 0 aliphatic rings. The van der Waals surface area contributed by atoms with E-state index in [1.807, 2.05) is 13.8 Å². The number of aryl methyl sites for hydroxylation is 2. The molecule has 0 fully saturated rings. The molecule has 0 spiro atoms. The van der Waals surface area contributed by atoms with Gasteiger partial charge in [-0.25, -0.2) is 0 Å². The highest BCUT2D eigenvalue weighted by molar-refractivity contribution is 8.14. The second kappa shape index (κ2) is 10.9. The van der Waals surface area contributed by atoms with Crippen LogP contribution in [0.4, 0.5) is 5.69 Å². The first-order chi connectivity index (χ1) is 11.4. The molecule has 5 nitrogen and oxygen atoms in total. The Morgan fingerprint density at radius 3 is 2.79 bits per heavy atom. The molecule has 1 N–H and O–H groups in total. The van der Waals surface area contributed by atoms with Gasteiger partial charge in [-0.1, -0.05) is 39.3 Å². The lowest BCUT2D eigenvalue weighted by Gasteiger charge is -2.13. The minimum Gasteiger partial charge on any atom is -0.454 e. The zero-order valence-corrected chi connectivity index (χ0v) is 15.9. The first kappa shape index (κ1) is 20.2. The third-order valence-electron chi connectivity index (χ3n) is 3.00. The number of benzene rings is 1. The number of carbonyl (C=O) groups excluding carboxylic acids is 1. The van der Waals surface area contributed by atoms with Gasteiger partial charge in [-0.05, 0) is 48.2 Å². The molecule has 0 saturated heterocycles. The topological polar surface area (TPSA) is 63.1 Å². The van der Waals surface area contributed by atoms with E-state index in [0.29, 0.717) is 11.1 Å². The van der Waals surface area contributed by atoms with Crippen molar-refractivity contribution < 1.29 is 9.53 Å². The maximum absolute atomic E-state index is 10.9. The summed E-state index contributed by atoms with van der Waals surface area (Å²) in [5.41, 5.74) is 3.43. The summed E-state index contributed by atoms with van der Waals surface area (Å²) >= 11 is 1.31. The zero-order valence-electron chi connectivity index (χ0n) is 15.1. The molecule has 24 heavy (non-hydrogen) atoms. The van der Waals surface area contributed by atoms with Crippen molar-refractivity contribution in [2.75, 3.05) is 11.3 Å². The summed E-state index contributed by atoms with van der Waals surface area (Å²) < 4.78 is 4.99. The van der Waals surface area contributed by atoms with Crippen LogP contribution in [0.5, 0.6) is 0 Å². The lowest BCUT2D eigenvalue weighted by molar-refractivity contribution is -0.138. The van der Waals surface area contributed by atoms with Crippen LogP contribution in [0.2, 0.25) is 0 Å². The third kappa shape index (κ3) is 8.15. The van der Waals surface area contributed by atoms with Crippen LogP contribution in [0.25, 0.3) is 0 Å². The minimum absolute atomic E-state index is 0.202. The van der Waals surface area contributed by atoms with Crippen LogP contribution >= 0.6 is 11.8 Å². The van der Waals surface area contributed by atoms with Gasteiger partial charge in [0.25, 0.3) is 0 Å². The van der Waals surface area contributed by atoms with Gasteiger partial charge in [0.15, 0.2) is 5.17 Å². The SMILES string of the molecule is CCCc1ccc(C)cc1N/C(=N/N=C/C(C)C)SCOC(C)=O. The summed E-state index contributed by atoms with van der Waals surface area (Å²) in [5, 5.41) is 12.3. The van der Waals surface area contributed by atoms with Gasteiger partial charge < -0.3 is 10.1 Å². The van der Waals surface area contributed by atoms with E-state index in [-0.39, 0.29) is 11.9 Å². The Morgan fingerprint density at radius 2 is 2.17 bits per heavy atom. The predicted molar refractivity (Wildman–Crippen MR) is 104 cm³/mol. The van der Waals surface area contributed by atoms with Gasteiger partial charge >= 0.3 is 5.97 Å². The standard InChI is InChI=1S/C18H27N3O2S/c1-6-7-16-9-8-14(4)10-17(16)20-18(21-19-11-13(2)3)24-12-23-15(5)22/h8-11,13H,6-7,12H2,1-5H3,(H,20,21)/b19-11+. The third-order valence-corrected chi connectivity index (χ3v) is 3.69. The predicted octanol–water partition coefficient (Wildman–Crippen LogP) is 4.61. The molecule has 0 bridgehead atoms. The van der Waals surface area contributed by atoms with Gasteiger partial charge in [0, 0.05) is 18.8 Å². The lowest BCUT2D eigenvalue weighted by atomic mass is 10.1. The van der Waals surface area contributed by atoms with Crippen LogP contribution in [-0.2, 0) is 16.0 Å². The monoisotopic (exact) mass is 349 g/mol. The second-order valence-electron chi connectivity index (χ2n) is 5.85. The van der Waals surface area contributed by atoms with Crippen LogP contribution in [0.3, 0.4) is 0 Å². The molecule has 0 unspecified atom stereocenters. The number of nitrogens with zero attached hydrogens (tertiary/aromatic N) is 2. The maximum atomic E-state index is 10.9. The molecule has 0 radical (unpaired) electrons. The number of hydrogen-bond acceptors (Lipinski definition) is 5. The Labute approximate surface area is 149 Å². The summed E-state index contributed by atoms with van der Waals surface area (Å²) in [6.07, 6.45) is 3.83. The van der Waals surface area contributed by atoms with Crippen molar-refractivity contribution in [1.29, 1.82) is 0 Å².